The van der Waals surface area contributed by atoms with Crippen molar-refractivity contribution in [2.24, 2.45) is 10.1 Å². The third kappa shape index (κ3) is 14.9. The van der Waals surface area contributed by atoms with Gasteiger partial charge >= 0.3 is 18.6 Å². The van der Waals surface area contributed by atoms with Crippen LogP contribution >= 0.6 is 0 Å². The third-order valence-corrected chi connectivity index (χ3v) is 2.24. The minimum absolute atomic E-state index is 0. The van der Waals surface area contributed by atoms with Gasteiger partial charge in [-0.2, -0.15) is 5.10 Å². The molecule has 0 aromatic carbocycles. The van der Waals surface area contributed by atoms with Gasteiger partial charge in [-0.05, 0) is 37.2 Å². The van der Waals surface area contributed by atoms with Gasteiger partial charge in [0.05, 0.1) is 11.4 Å². The van der Waals surface area contributed by atoms with Gasteiger partial charge < -0.3 is 23.2 Å². The van der Waals surface area contributed by atoms with Crippen molar-refractivity contribution in [1.82, 2.24) is 10.4 Å². The van der Waals surface area contributed by atoms with E-state index in [9.17, 15) is 9.90 Å². The molecule has 23 heavy (non-hydrogen) atoms. The molecule has 0 unspecified atom stereocenters. The standard InChI is InChI=1S/C9H12N4S.C5H8O2.O.V/c1-7(12-13-9(14)10-2)8-5-3-4-6-11-8;1-4(6)3-5(2)7;;/h3-6H,1-2H3,(H2,10,13,14);3,6H,1-2H3;;/q;;-2;+4/p-2/b12-7+;4-3+;;. The number of hydrogen-bond donors (Lipinski definition) is 1. The number of nitrogens with one attached hydrogen (secondary N) is 1. The molecule has 0 aliphatic carbocycles. The van der Waals surface area contributed by atoms with E-state index in [1.165, 1.54) is 13.8 Å². The molecule has 1 aromatic heterocycles. The molecular weight excluding hydrogens is 355 g/mol. The summed E-state index contributed by atoms with van der Waals surface area (Å²) >= 11 is 4.82. The van der Waals surface area contributed by atoms with Gasteiger partial charge in [-0.3, -0.25) is 20.2 Å². The summed E-state index contributed by atoms with van der Waals surface area (Å²) in [7, 11) is 1.61. The number of aliphatic imine (C=N–C) groups is 1. The van der Waals surface area contributed by atoms with Crippen LogP contribution in [0.25, 0.3) is 0 Å². The minimum atomic E-state index is -0.187. The summed E-state index contributed by atoms with van der Waals surface area (Å²) in [6.07, 6.45) is 2.77. The van der Waals surface area contributed by atoms with Crippen LogP contribution in [-0.4, -0.2) is 28.7 Å². The second kappa shape index (κ2) is 15.2. The topological polar surface area (TPSA) is 118 Å². The Labute approximate surface area is 153 Å². The molecule has 0 saturated heterocycles. The Hall–Kier alpha value is -1.74. The predicted octanol–water partition coefficient (Wildman–Crippen LogP) is 0.646. The van der Waals surface area contributed by atoms with Crippen LogP contribution in [0, 0.1) is 0 Å². The maximum absolute atomic E-state index is 9.98. The van der Waals surface area contributed by atoms with E-state index in [4.69, 9.17) is 12.6 Å². The summed E-state index contributed by atoms with van der Waals surface area (Å²) in [5.41, 5.74) is 4.24. The van der Waals surface area contributed by atoms with Crippen molar-refractivity contribution in [2.75, 3.05) is 7.05 Å². The average Bonchev–Trinajstić information content (AvgIpc) is 2.44. The molecule has 1 rings (SSSR count). The Morgan fingerprint density at radius 2 is 1.96 bits per heavy atom. The number of allylic oxidation sites excluding steroid dienone is 2. The molecule has 9 heteroatoms. The van der Waals surface area contributed by atoms with Crippen molar-refractivity contribution in [2.45, 2.75) is 20.8 Å². The zero-order chi connectivity index (χ0) is 16.3. The van der Waals surface area contributed by atoms with Crippen molar-refractivity contribution in [3.63, 3.8) is 0 Å². The number of hydrazone groups is 1. The quantitative estimate of drug-likeness (QED) is 0.208. The van der Waals surface area contributed by atoms with E-state index in [-0.39, 0.29) is 35.6 Å². The molecule has 0 saturated carbocycles. The van der Waals surface area contributed by atoms with Crippen LogP contribution < -0.4 is 10.5 Å². The van der Waals surface area contributed by atoms with E-state index in [1.54, 1.807) is 13.2 Å². The molecule has 0 amide bonds. The molecule has 0 fully saturated rings. The number of pyridine rings is 1. The summed E-state index contributed by atoms with van der Waals surface area (Å²) in [6, 6.07) is 5.65. The molecule has 1 radical (unpaired) electrons. The first-order valence-electron chi connectivity index (χ1n) is 6.08. The molecular formula is C14H18N4O3SV. The first kappa shape index (κ1) is 26.2. The van der Waals surface area contributed by atoms with Gasteiger partial charge in [0.25, 0.3) is 0 Å². The van der Waals surface area contributed by atoms with Crippen molar-refractivity contribution in [3.8, 4) is 0 Å². The van der Waals surface area contributed by atoms with E-state index in [0.29, 0.717) is 5.17 Å². The van der Waals surface area contributed by atoms with Gasteiger partial charge in [0, 0.05) is 13.2 Å². The number of hydrogen-bond acceptors (Lipinski definition) is 6. The van der Waals surface area contributed by atoms with E-state index in [0.717, 1.165) is 17.5 Å². The average molecular weight is 373 g/mol. The largest absolute Gasteiger partial charge is 4.00 e. The van der Waals surface area contributed by atoms with Gasteiger partial charge in [-0.25, -0.2) is 0 Å². The summed E-state index contributed by atoms with van der Waals surface area (Å²) in [4.78, 5) is 17.9. The van der Waals surface area contributed by atoms with Crippen LogP contribution in [0.15, 0.2) is 46.3 Å². The number of rotatable bonds is 3. The molecule has 0 spiro atoms. The fourth-order valence-corrected chi connectivity index (χ4v) is 1.15. The third-order valence-electron chi connectivity index (χ3n) is 1.96. The van der Waals surface area contributed by atoms with Crippen molar-refractivity contribution >= 4 is 29.3 Å². The Morgan fingerprint density at radius 1 is 1.35 bits per heavy atom. The van der Waals surface area contributed by atoms with Crippen LogP contribution in [0.2, 0.25) is 0 Å². The first-order valence-corrected chi connectivity index (χ1v) is 6.49. The second-order valence-electron chi connectivity index (χ2n) is 3.92. The molecule has 1 N–H and O–H groups in total. The van der Waals surface area contributed by atoms with Crippen LogP contribution in [-0.2, 0) is 41.5 Å². The molecule has 0 atom stereocenters. The van der Waals surface area contributed by atoms with E-state index in [2.05, 4.69) is 20.5 Å². The van der Waals surface area contributed by atoms with Crippen molar-refractivity contribution in [1.29, 1.82) is 0 Å². The monoisotopic (exact) mass is 373 g/mol. The predicted molar refractivity (Wildman–Crippen MR) is 85.4 cm³/mol. The number of carbonyl (C=O) groups is 1. The van der Waals surface area contributed by atoms with E-state index < -0.39 is 0 Å². The SMILES string of the molecule is CC(=O)/C=C(\C)[O-].CN=C([S-])N/N=C(\C)c1ccccn1.[O-2].[V+4]. The molecule has 7 nitrogen and oxygen atoms in total. The number of carbonyl (C=O) groups excluding carboxylic acids is 1. The van der Waals surface area contributed by atoms with E-state index in [1.807, 2.05) is 25.1 Å². The fourth-order valence-electron chi connectivity index (χ4n) is 1.10. The zero-order valence-corrected chi connectivity index (χ0v) is 15.5. The Morgan fingerprint density at radius 3 is 2.30 bits per heavy atom. The zero-order valence-electron chi connectivity index (χ0n) is 13.3. The van der Waals surface area contributed by atoms with Gasteiger partial charge in [-0.15, -0.1) is 5.76 Å². The van der Waals surface area contributed by atoms with Crippen molar-refractivity contribution in [3.05, 3.63) is 41.9 Å². The van der Waals surface area contributed by atoms with Crippen LogP contribution in [0.4, 0.5) is 0 Å². The number of nitrogens with zero attached hydrogens (tertiary/aromatic N) is 3. The summed E-state index contributed by atoms with van der Waals surface area (Å²) in [5, 5.41) is 14.4. The Bertz CT molecular complexity index is 544. The van der Waals surface area contributed by atoms with Gasteiger partial charge in [0.2, 0.25) is 0 Å². The molecule has 0 aliphatic rings. The van der Waals surface area contributed by atoms with Crippen LogP contribution in [0.3, 0.4) is 0 Å². The number of aromatic nitrogens is 1. The number of amidine groups is 1. The second-order valence-corrected chi connectivity index (χ2v) is 4.31. The van der Waals surface area contributed by atoms with Crippen LogP contribution in [0.1, 0.15) is 26.5 Å². The smallest absolute Gasteiger partial charge is 2.00 e. The summed E-state index contributed by atoms with van der Waals surface area (Å²) in [5.74, 6) is -0.375. The van der Waals surface area contributed by atoms with E-state index >= 15 is 0 Å². The Kier molecular flexibility index (Phi) is 17.3. The maximum atomic E-state index is 9.98. The van der Waals surface area contributed by atoms with Gasteiger partial charge in [-0.1, -0.05) is 13.0 Å². The maximum Gasteiger partial charge on any atom is 4.00 e. The Balaban J connectivity index is -0.000000386. The van der Waals surface area contributed by atoms with Crippen molar-refractivity contribution < 1.29 is 33.9 Å². The normalized spacial score (nSPS) is 11.2. The fraction of sp³-hybridized carbons (Fsp3) is 0.286. The first-order chi connectivity index (χ1) is 9.86. The molecule has 1 aromatic rings. The van der Waals surface area contributed by atoms with Crippen LogP contribution in [0.5, 0.6) is 0 Å². The molecule has 123 valence electrons. The summed E-state index contributed by atoms with van der Waals surface area (Å²) in [6.45, 7) is 4.55. The van der Waals surface area contributed by atoms with Gasteiger partial charge in [0.1, 0.15) is 0 Å². The number of ketones is 1. The molecule has 0 bridgehead atoms. The minimum Gasteiger partial charge on any atom is -2.00 e. The molecule has 1 heterocycles. The molecule has 0 aliphatic heterocycles. The summed E-state index contributed by atoms with van der Waals surface area (Å²) < 4.78 is 0. The van der Waals surface area contributed by atoms with Gasteiger partial charge in [0.15, 0.2) is 5.78 Å².